The van der Waals surface area contributed by atoms with Crippen LogP contribution in [0.5, 0.6) is 0 Å². The Hall–Kier alpha value is -0.870. The molecule has 0 aromatic carbocycles. The highest BCUT2D eigenvalue weighted by Gasteiger charge is 2.70. The van der Waals surface area contributed by atoms with Crippen molar-refractivity contribution in [1.29, 1.82) is 0 Å². The van der Waals surface area contributed by atoms with Crippen LogP contribution in [0.1, 0.15) is 79.6 Å². The molecule has 7 N–H and O–H groups in total. The van der Waals surface area contributed by atoms with Gasteiger partial charge in [0, 0.05) is 16.7 Å². The molecule has 0 heterocycles. The molecule has 3 saturated carbocycles. The second kappa shape index (κ2) is 8.32. The van der Waals surface area contributed by atoms with Crippen molar-refractivity contribution >= 4 is 5.78 Å². The van der Waals surface area contributed by atoms with Crippen LogP contribution in [0.2, 0.25) is 0 Å². The summed E-state index contributed by atoms with van der Waals surface area (Å²) in [6.07, 6.45) is -1.09. The van der Waals surface area contributed by atoms with Crippen molar-refractivity contribution in [3.63, 3.8) is 0 Å². The van der Waals surface area contributed by atoms with Gasteiger partial charge in [-0.3, -0.25) is 4.79 Å². The molecule has 0 unspecified atom stereocenters. The molecule has 0 bridgehead atoms. The minimum absolute atomic E-state index is 0.0638. The maximum Gasteiger partial charge on any atom is 0.159 e. The highest BCUT2D eigenvalue weighted by atomic mass is 16.4. The fraction of sp³-hybridized carbons (Fsp3) is 0.889. The fourth-order valence-corrected chi connectivity index (χ4v) is 8.35. The van der Waals surface area contributed by atoms with Crippen LogP contribution in [-0.2, 0) is 4.79 Å². The molecule has 0 amide bonds. The molecule has 4 aliphatic rings. The summed E-state index contributed by atoms with van der Waals surface area (Å²) in [6.45, 7) is 8.59. The first-order valence-electron chi connectivity index (χ1n) is 13.1. The van der Waals surface area contributed by atoms with Gasteiger partial charge in [0.25, 0.3) is 0 Å². The van der Waals surface area contributed by atoms with Gasteiger partial charge in [-0.2, -0.15) is 0 Å². The van der Waals surface area contributed by atoms with Crippen molar-refractivity contribution < 1.29 is 40.5 Å². The Bertz CT molecular complexity index is 892. The lowest BCUT2D eigenvalue weighted by atomic mass is 9.45. The Morgan fingerprint density at radius 3 is 2.29 bits per heavy atom. The first kappa shape index (κ1) is 27.2. The van der Waals surface area contributed by atoms with Crippen molar-refractivity contribution in [3.8, 4) is 0 Å². The van der Waals surface area contributed by atoms with E-state index in [1.165, 1.54) is 6.08 Å². The van der Waals surface area contributed by atoms with E-state index in [1.807, 2.05) is 6.92 Å². The Morgan fingerprint density at radius 2 is 1.69 bits per heavy atom. The van der Waals surface area contributed by atoms with E-state index < -0.39 is 63.9 Å². The van der Waals surface area contributed by atoms with Crippen LogP contribution in [0.25, 0.3) is 0 Å². The molecule has 0 spiro atoms. The molecule has 0 aromatic rings. The highest BCUT2D eigenvalue weighted by molar-refractivity contribution is 5.95. The van der Waals surface area contributed by atoms with Gasteiger partial charge in [-0.1, -0.05) is 13.8 Å². The predicted octanol–water partition coefficient (Wildman–Crippen LogP) is 0.825. The van der Waals surface area contributed by atoms with Crippen LogP contribution < -0.4 is 0 Å². The Balaban J connectivity index is 1.69. The van der Waals surface area contributed by atoms with E-state index in [2.05, 4.69) is 0 Å². The molecule has 8 nitrogen and oxygen atoms in total. The zero-order valence-electron chi connectivity index (χ0n) is 21.6. The van der Waals surface area contributed by atoms with E-state index >= 15 is 0 Å². The maximum atomic E-state index is 13.3. The summed E-state index contributed by atoms with van der Waals surface area (Å²) >= 11 is 0. The summed E-state index contributed by atoms with van der Waals surface area (Å²) in [5.74, 6) is -1.73. The summed E-state index contributed by atoms with van der Waals surface area (Å²) in [5, 5.41) is 76.6. The van der Waals surface area contributed by atoms with Crippen LogP contribution in [-0.4, -0.2) is 82.7 Å². The number of carbonyl (C=O) groups is 1. The molecule has 200 valence electrons. The molecule has 3 fully saturated rings. The Labute approximate surface area is 207 Å². The van der Waals surface area contributed by atoms with Crippen LogP contribution in [0, 0.1) is 28.6 Å². The summed E-state index contributed by atoms with van der Waals surface area (Å²) in [5.41, 5.74) is -5.21. The van der Waals surface area contributed by atoms with Gasteiger partial charge < -0.3 is 35.7 Å². The van der Waals surface area contributed by atoms with E-state index in [9.17, 15) is 40.5 Å². The lowest BCUT2D eigenvalue weighted by Crippen LogP contribution is -2.66. The third-order valence-electron chi connectivity index (χ3n) is 10.7. The monoisotopic (exact) mass is 496 g/mol. The van der Waals surface area contributed by atoms with Crippen LogP contribution in [0.4, 0.5) is 0 Å². The number of hydrogen-bond acceptors (Lipinski definition) is 8. The minimum atomic E-state index is -1.52. The third-order valence-corrected chi connectivity index (χ3v) is 10.7. The zero-order chi connectivity index (χ0) is 26.4. The molecule has 0 aliphatic heterocycles. The number of hydrogen-bond donors (Lipinski definition) is 7. The van der Waals surface area contributed by atoms with Crippen molar-refractivity contribution in [2.24, 2.45) is 28.6 Å². The first-order chi connectivity index (χ1) is 15.9. The number of rotatable bonds is 5. The molecule has 4 aliphatic carbocycles. The zero-order valence-corrected chi connectivity index (χ0v) is 21.6. The van der Waals surface area contributed by atoms with Gasteiger partial charge in [0.2, 0.25) is 0 Å². The van der Waals surface area contributed by atoms with Gasteiger partial charge in [0.15, 0.2) is 5.78 Å². The largest absolute Gasteiger partial charge is 0.390 e. The lowest BCUT2D eigenvalue weighted by Gasteiger charge is -2.61. The van der Waals surface area contributed by atoms with E-state index in [1.54, 1.807) is 27.7 Å². The normalized spacial score (nSPS) is 48.3. The minimum Gasteiger partial charge on any atom is -0.390 e. The molecule has 11 atom stereocenters. The molecule has 4 rings (SSSR count). The van der Waals surface area contributed by atoms with E-state index in [4.69, 9.17) is 0 Å². The quantitative estimate of drug-likeness (QED) is 0.295. The van der Waals surface area contributed by atoms with E-state index in [0.717, 1.165) is 0 Å². The topological polar surface area (TPSA) is 159 Å². The summed E-state index contributed by atoms with van der Waals surface area (Å²) in [6, 6.07) is 0. The maximum absolute atomic E-state index is 13.3. The fourth-order valence-electron chi connectivity index (χ4n) is 8.35. The van der Waals surface area contributed by atoms with Crippen molar-refractivity contribution in [2.45, 2.75) is 121 Å². The average molecular weight is 497 g/mol. The number of aliphatic hydroxyl groups is 7. The number of ketones is 1. The summed E-state index contributed by atoms with van der Waals surface area (Å²) < 4.78 is 0. The Morgan fingerprint density at radius 1 is 1.06 bits per heavy atom. The lowest BCUT2D eigenvalue weighted by molar-refractivity contribution is -0.205. The van der Waals surface area contributed by atoms with Gasteiger partial charge in [0.05, 0.1) is 35.1 Å². The molecular weight excluding hydrogens is 452 g/mol. The number of fused-ring (bicyclic) bond motifs is 5. The van der Waals surface area contributed by atoms with Gasteiger partial charge in [0.1, 0.15) is 6.10 Å². The molecule has 0 saturated heterocycles. The summed E-state index contributed by atoms with van der Waals surface area (Å²) in [7, 11) is 0. The Kier molecular flexibility index (Phi) is 6.46. The second-order valence-corrected chi connectivity index (χ2v) is 13.2. The standard InChI is InChI=1S/C27H44O8/c1-23(2,33)9-8-20(30)26(5,34)19-7-11-27(35)15-12-17(28)16-13-18(29)21(31)22(32)25(16,4)14(15)6-10-24(19,27)3/h12,14,16,18-22,29-35H,6-11,13H2,1-5H3/t14-,16-,18+,19-,20+,21-,22-,24+,25+,26+,27+/m0/s1. The average Bonchev–Trinajstić information content (AvgIpc) is 3.04. The highest BCUT2D eigenvalue weighted by Crippen LogP contribution is 2.68. The smallest absolute Gasteiger partial charge is 0.159 e. The first-order valence-corrected chi connectivity index (χ1v) is 13.1. The van der Waals surface area contributed by atoms with Crippen molar-refractivity contribution in [1.82, 2.24) is 0 Å². The van der Waals surface area contributed by atoms with Crippen LogP contribution >= 0.6 is 0 Å². The number of carbonyl (C=O) groups excluding carboxylic acids is 1. The summed E-state index contributed by atoms with van der Waals surface area (Å²) in [4.78, 5) is 13.3. The van der Waals surface area contributed by atoms with E-state index in [0.29, 0.717) is 37.7 Å². The molecule has 0 aromatic heterocycles. The predicted molar refractivity (Wildman–Crippen MR) is 128 cm³/mol. The third kappa shape index (κ3) is 3.78. The molecule has 35 heavy (non-hydrogen) atoms. The van der Waals surface area contributed by atoms with Gasteiger partial charge in [-0.05, 0) is 89.2 Å². The molecular formula is C27H44O8. The molecule has 8 heteroatoms. The second-order valence-electron chi connectivity index (χ2n) is 13.2. The van der Waals surface area contributed by atoms with E-state index in [-0.39, 0.29) is 24.5 Å². The van der Waals surface area contributed by atoms with Gasteiger partial charge >= 0.3 is 0 Å². The van der Waals surface area contributed by atoms with Crippen LogP contribution in [0.3, 0.4) is 0 Å². The van der Waals surface area contributed by atoms with Crippen molar-refractivity contribution in [2.75, 3.05) is 0 Å². The van der Waals surface area contributed by atoms with Gasteiger partial charge in [-0.25, -0.2) is 0 Å². The van der Waals surface area contributed by atoms with Crippen molar-refractivity contribution in [3.05, 3.63) is 11.6 Å². The number of allylic oxidation sites excluding steroid dienone is 1. The van der Waals surface area contributed by atoms with Crippen LogP contribution in [0.15, 0.2) is 11.6 Å². The number of aliphatic hydroxyl groups excluding tert-OH is 4. The molecule has 0 radical (unpaired) electrons. The van der Waals surface area contributed by atoms with Gasteiger partial charge in [-0.15, -0.1) is 0 Å². The SMILES string of the molecule is CC(C)(O)CC[C@@H](O)[C@](C)(O)[C@H]1CC[C@@]2(O)C3=CC(=O)[C@@H]4C[C@@H](O)[C@H](O)[C@H](O)[C@]4(C)[C@H]3CC[C@]12C.